The van der Waals surface area contributed by atoms with Crippen LogP contribution < -0.4 is 14.9 Å². The largest absolute Gasteiger partial charge is 0.618 e. The average molecular weight is 424 g/mol. The van der Waals surface area contributed by atoms with Crippen LogP contribution in [0.5, 0.6) is 0 Å². The minimum Gasteiger partial charge on any atom is -0.618 e. The Morgan fingerprint density at radius 2 is 2.03 bits per heavy atom. The Balaban J connectivity index is 1.66. The molecule has 1 aromatic carbocycles. The van der Waals surface area contributed by atoms with Crippen molar-refractivity contribution in [1.82, 2.24) is 9.78 Å². The van der Waals surface area contributed by atoms with E-state index in [1.165, 1.54) is 6.07 Å². The molecule has 3 aromatic rings. The number of fused-ring (bicyclic) bond motifs is 1. The van der Waals surface area contributed by atoms with Gasteiger partial charge in [0.25, 0.3) is 5.69 Å². The number of benzene rings is 1. The predicted molar refractivity (Wildman–Crippen MR) is 120 cm³/mol. The van der Waals surface area contributed by atoms with Crippen molar-refractivity contribution >= 4 is 28.2 Å². The first-order valence-electron chi connectivity index (χ1n) is 10.6. The van der Waals surface area contributed by atoms with Gasteiger partial charge < -0.3 is 20.5 Å². The number of pyridine rings is 1. The van der Waals surface area contributed by atoms with Crippen LogP contribution in [-0.2, 0) is 0 Å². The van der Waals surface area contributed by atoms with Gasteiger partial charge in [-0.2, -0.15) is 9.83 Å². The number of aryl methyl sites for hydroxylation is 1. The van der Waals surface area contributed by atoms with Crippen molar-refractivity contribution < 1.29 is 14.6 Å². The van der Waals surface area contributed by atoms with Crippen LogP contribution in [0.4, 0.5) is 11.4 Å². The maximum atomic E-state index is 12.8. The van der Waals surface area contributed by atoms with Gasteiger partial charge in [0, 0.05) is 44.7 Å². The zero-order valence-corrected chi connectivity index (χ0v) is 18.4. The number of rotatable bonds is 4. The fraction of sp³-hybridized carbons (Fsp3) is 0.435. The molecule has 8 heteroatoms. The van der Waals surface area contributed by atoms with Crippen LogP contribution in [0.3, 0.4) is 0 Å². The SMILES string of the molecule is Cc1cccc(C(=O)Nc2cc3cn([C@H]4CC[C@](C)(O)CC4)nc3cc2N(C)C)[n+]1[O-]. The molecule has 0 bridgehead atoms. The summed E-state index contributed by atoms with van der Waals surface area (Å²) in [5.41, 5.74) is 2.19. The number of aromatic nitrogens is 3. The second-order valence-electron chi connectivity index (χ2n) is 8.96. The first-order valence-corrected chi connectivity index (χ1v) is 10.6. The van der Waals surface area contributed by atoms with Gasteiger partial charge in [-0.15, -0.1) is 0 Å². The molecule has 0 aliphatic heterocycles. The van der Waals surface area contributed by atoms with Crippen LogP contribution in [-0.4, -0.2) is 40.5 Å². The highest BCUT2D eigenvalue weighted by Crippen LogP contribution is 2.36. The molecule has 1 aliphatic rings. The number of hydrogen-bond acceptors (Lipinski definition) is 5. The van der Waals surface area contributed by atoms with E-state index in [-0.39, 0.29) is 11.7 Å². The van der Waals surface area contributed by atoms with Crippen LogP contribution in [0.2, 0.25) is 0 Å². The Morgan fingerprint density at radius 3 is 2.71 bits per heavy atom. The van der Waals surface area contributed by atoms with Crippen LogP contribution in [0.15, 0.2) is 36.5 Å². The number of carbonyl (C=O) groups is 1. The lowest BCUT2D eigenvalue weighted by Gasteiger charge is -2.33. The van der Waals surface area contributed by atoms with Gasteiger partial charge in [-0.25, -0.2) is 0 Å². The average Bonchev–Trinajstić information content (AvgIpc) is 3.12. The third kappa shape index (κ3) is 4.20. The molecule has 2 N–H and O–H groups in total. The molecule has 1 saturated carbocycles. The minimum atomic E-state index is -0.590. The molecule has 0 unspecified atom stereocenters. The van der Waals surface area contributed by atoms with E-state index in [0.29, 0.717) is 16.1 Å². The number of nitrogens with one attached hydrogen (secondary N) is 1. The number of hydrogen-bond donors (Lipinski definition) is 2. The van der Waals surface area contributed by atoms with Crippen LogP contribution >= 0.6 is 0 Å². The summed E-state index contributed by atoms with van der Waals surface area (Å²) in [4.78, 5) is 14.7. The number of anilines is 2. The van der Waals surface area contributed by atoms with Gasteiger partial charge in [0.05, 0.1) is 28.5 Å². The van der Waals surface area contributed by atoms with Crippen LogP contribution in [0, 0.1) is 12.1 Å². The lowest BCUT2D eigenvalue weighted by molar-refractivity contribution is -0.614. The maximum Gasteiger partial charge on any atom is 0.321 e. The molecule has 164 valence electrons. The third-order valence-electron chi connectivity index (χ3n) is 6.14. The molecule has 4 rings (SSSR count). The van der Waals surface area contributed by atoms with E-state index >= 15 is 0 Å². The summed E-state index contributed by atoms with van der Waals surface area (Å²) < 4.78 is 2.62. The Hall–Kier alpha value is -3.13. The van der Waals surface area contributed by atoms with E-state index in [0.717, 1.165) is 42.3 Å². The van der Waals surface area contributed by atoms with Crippen LogP contribution in [0.25, 0.3) is 10.9 Å². The van der Waals surface area contributed by atoms with Gasteiger partial charge in [0.2, 0.25) is 0 Å². The van der Waals surface area contributed by atoms with Crippen molar-refractivity contribution in [2.45, 2.75) is 51.2 Å². The molecule has 1 aliphatic carbocycles. The highest BCUT2D eigenvalue weighted by molar-refractivity contribution is 6.05. The van der Waals surface area contributed by atoms with Crippen molar-refractivity contribution in [3.63, 3.8) is 0 Å². The number of carbonyl (C=O) groups excluding carboxylic acids is 1. The normalized spacial score (nSPS) is 21.3. The van der Waals surface area contributed by atoms with Crippen molar-refractivity contribution in [3.05, 3.63) is 53.1 Å². The third-order valence-corrected chi connectivity index (χ3v) is 6.14. The van der Waals surface area contributed by atoms with Gasteiger partial charge in [-0.05, 0) is 50.8 Å². The predicted octanol–water partition coefficient (Wildman–Crippen LogP) is 3.16. The highest BCUT2D eigenvalue weighted by Gasteiger charge is 2.30. The van der Waals surface area contributed by atoms with Crippen molar-refractivity contribution in [3.8, 4) is 0 Å². The van der Waals surface area contributed by atoms with Crippen molar-refractivity contribution in [2.75, 3.05) is 24.3 Å². The summed E-state index contributed by atoms with van der Waals surface area (Å²) in [6, 6.07) is 8.97. The Labute approximate surface area is 181 Å². The first-order chi connectivity index (χ1) is 14.6. The number of aliphatic hydroxyl groups is 1. The summed E-state index contributed by atoms with van der Waals surface area (Å²) in [6.07, 6.45) is 5.26. The zero-order chi connectivity index (χ0) is 22.3. The molecule has 0 atom stereocenters. The second kappa shape index (κ2) is 7.85. The number of amides is 1. The van der Waals surface area contributed by atoms with Gasteiger partial charge in [0.1, 0.15) is 0 Å². The summed E-state index contributed by atoms with van der Waals surface area (Å²) in [5, 5.41) is 31.1. The Kier molecular flexibility index (Phi) is 5.35. The minimum absolute atomic E-state index is 0.0507. The summed E-state index contributed by atoms with van der Waals surface area (Å²) >= 11 is 0. The van der Waals surface area contributed by atoms with E-state index in [2.05, 4.69) is 5.32 Å². The van der Waals surface area contributed by atoms with E-state index in [4.69, 9.17) is 5.10 Å². The topological polar surface area (TPSA) is 97.3 Å². The number of nitrogens with zero attached hydrogens (tertiary/aromatic N) is 4. The molecular formula is C23H29N5O3. The molecule has 0 spiro atoms. The first kappa shape index (κ1) is 21.1. The van der Waals surface area contributed by atoms with E-state index in [1.54, 1.807) is 19.1 Å². The molecule has 2 heterocycles. The van der Waals surface area contributed by atoms with E-state index in [1.807, 2.05) is 48.9 Å². The lowest BCUT2D eigenvalue weighted by Crippen LogP contribution is -2.39. The molecule has 2 aromatic heterocycles. The fourth-order valence-corrected chi connectivity index (χ4v) is 4.18. The van der Waals surface area contributed by atoms with Crippen molar-refractivity contribution in [1.29, 1.82) is 0 Å². The van der Waals surface area contributed by atoms with Gasteiger partial charge in [-0.1, -0.05) is 0 Å². The second-order valence-corrected chi connectivity index (χ2v) is 8.96. The van der Waals surface area contributed by atoms with Crippen LogP contribution in [0.1, 0.15) is 54.8 Å². The summed E-state index contributed by atoms with van der Waals surface area (Å²) in [7, 11) is 3.80. The summed E-state index contributed by atoms with van der Waals surface area (Å²) in [5.74, 6) is -0.456. The molecule has 31 heavy (non-hydrogen) atoms. The molecule has 1 fully saturated rings. The quantitative estimate of drug-likeness (QED) is 0.496. The van der Waals surface area contributed by atoms with E-state index < -0.39 is 11.5 Å². The smallest absolute Gasteiger partial charge is 0.321 e. The van der Waals surface area contributed by atoms with Crippen molar-refractivity contribution in [2.24, 2.45) is 0 Å². The zero-order valence-electron chi connectivity index (χ0n) is 18.4. The highest BCUT2D eigenvalue weighted by atomic mass is 16.5. The summed E-state index contributed by atoms with van der Waals surface area (Å²) in [6.45, 7) is 3.56. The van der Waals surface area contributed by atoms with Gasteiger partial charge >= 0.3 is 5.91 Å². The Bertz CT molecular complexity index is 1130. The van der Waals surface area contributed by atoms with Gasteiger partial charge in [0.15, 0.2) is 5.69 Å². The standard InChI is InChI=1S/C23H29N5O3/c1-15-6-5-7-20(28(15)31)22(29)24-19-12-16-14-27(17-8-10-23(2,30)11-9-17)25-18(16)13-21(19)26(3)4/h5-7,12-14,17,30H,8-11H2,1-4H3,(H,24,29)/t17-,23-. The Morgan fingerprint density at radius 1 is 1.32 bits per heavy atom. The molecule has 8 nitrogen and oxygen atoms in total. The molecule has 0 saturated heterocycles. The molecule has 1 amide bonds. The fourth-order valence-electron chi connectivity index (χ4n) is 4.18. The molecular weight excluding hydrogens is 394 g/mol. The lowest BCUT2D eigenvalue weighted by atomic mass is 9.84. The van der Waals surface area contributed by atoms with E-state index in [9.17, 15) is 15.1 Å². The molecule has 0 radical (unpaired) electrons. The monoisotopic (exact) mass is 423 g/mol. The maximum absolute atomic E-state index is 12.8. The van der Waals surface area contributed by atoms with Gasteiger partial charge in [-0.3, -0.25) is 9.48 Å².